The molecule has 0 heterocycles. The number of hydrogen-bond acceptors (Lipinski definition) is 4. The van der Waals surface area contributed by atoms with Crippen LogP contribution in [0.3, 0.4) is 0 Å². The fourth-order valence-corrected chi connectivity index (χ4v) is 1.84. The van der Waals surface area contributed by atoms with E-state index in [4.69, 9.17) is 0 Å². The number of nitrogens with one attached hydrogen (secondary N) is 1. The van der Waals surface area contributed by atoms with Crippen molar-refractivity contribution < 1.29 is 9.72 Å². The minimum Gasteiger partial charge on any atom is -0.267 e. The van der Waals surface area contributed by atoms with Crippen molar-refractivity contribution in [3.63, 3.8) is 0 Å². The average molecular weight is 297 g/mol. The van der Waals surface area contributed by atoms with E-state index in [1.807, 2.05) is 30.3 Å². The Morgan fingerprint density at radius 2 is 1.82 bits per heavy atom. The Morgan fingerprint density at radius 3 is 2.45 bits per heavy atom. The van der Waals surface area contributed by atoms with Crippen molar-refractivity contribution in [2.45, 2.75) is 12.8 Å². The van der Waals surface area contributed by atoms with Crippen molar-refractivity contribution in [2.75, 3.05) is 0 Å². The maximum atomic E-state index is 11.8. The molecule has 0 atom stereocenters. The molecule has 112 valence electrons. The molecule has 0 unspecified atom stereocenters. The number of non-ortho nitro benzene ring substituents is 1. The van der Waals surface area contributed by atoms with Crippen LogP contribution in [0.15, 0.2) is 59.7 Å². The number of hydrazone groups is 1. The van der Waals surface area contributed by atoms with Gasteiger partial charge in [-0.05, 0) is 30.5 Å². The van der Waals surface area contributed by atoms with Crippen LogP contribution in [0.1, 0.15) is 22.3 Å². The molecule has 0 aliphatic heterocycles. The van der Waals surface area contributed by atoms with E-state index in [1.165, 1.54) is 29.8 Å². The maximum absolute atomic E-state index is 11.8. The number of hydrogen-bond donors (Lipinski definition) is 1. The lowest BCUT2D eigenvalue weighted by molar-refractivity contribution is -0.384. The first-order valence-corrected chi connectivity index (χ1v) is 6.77. The molecule has 0 aromatic heterocycles. The zero-order chi connectivity index (χ0) is 15.8. The Labute approximate surface area is 127 Å². The Bertz CT molecular complexity index is 667. The monoisotopic (exact) mass is 297 g/mol. The van der Waals surface area contributed by atoms with Crippen LogP contribution in [0.25, 0.3) is 0 Å². The molecule has 1 amide bonds. The van der Waals surface area contributed by atoms with E-state index in [0.717, 1.165) is 6.42 Å². The Kier molecular flexibility index (Phi) is 5.37. The van der Waals surface area contributed by atoms with Crippen LogP contribution in [0.4, 0.5) is 5.69 Å². The Balaban J connectivity index is 1.79. The van der Waals surface area contributed by atoms with Crippen LogP contribution in [0, 0.1) is 10.1 Å². The van der Waals surface area contributed by atoms with E-state index >= 15 is 0 Å². The molecule has 0 spiro atoms. The van der Waals surface area contributed by atoms with Gasteiger partial charge in [0.15, 0.2) is 0 Å². The molecule has 2 aromatic rings. The lowest BCUT2D eigenvalue weighted by Crippen LogP contribution is -2.17. The summed E-state index contributed by atoms with van der Waals surface area (Å²) in [6, 6.07) is 15.3. The highest BCUT2D eigenvalue weighted by molar-refractivity contribution is 5.94. The minimum atomic E-state index is -0.510. The van der Waals surface area contributed by atoms with E-state index in [-0.39, 0.29) is 5.69 Å². The topological polar surface area (TPSA) is 84.6 Å². The lowest BCUT2D eigenvalue weighted by atomic mass is 10.1. The molecular weight excluding hydrogens is 282 g/mol. The first-order valence-electron chi connectivity index (χ1n) is 6.77. The van der Waals surface area contributed by atoms with Gasteiger partial charge in [0.25, 0.3) is 11.6 Å². The number of rotatable bonds is 6. The van der Waals surface area contributed by atoms with E-state index in [2.05, 4.69) is 10.5 Å². The lowest BCUT2D eigenvalue weighted by Gasteiger charge is -2.00. The highest BCUT2D eigenvalue weighted by Crippen LogP contribution is 2.11. The number of nitro groups is 1. The first-order chi connectivity index (χ1) is 10.7. The number of benzene rings is 2. The number of amides is 1. The highest BCUT2D eigenvalue weighted by Gasteiger charge is 2.08. The van der Waals surface area contributed by atoms with Gasteiger partial charge in [0, 0.05) is 23.9 Å². The fourth-order valence-electron chi connectivity index (χ4n) is 1.84. The fraction of sp³-hybridized carbons (Fsp3) is 0.125. The van der Waals surface area contributed by atoms with E-state index in [1.54, 1.807) is 6.21 Å². The number of nitrogens with zero attached hydrogens (tertiary/aromatic N) is 2. The molecule has 0 radical (unpaired) electrons. The van der Waals surface area contributed by atoms with Gasteiger partial charge in [0.05, 0.1) is 4.92 Å². The SMILES string of the molecule is O=C(N/N=C/CCc1ccccc1)c1ccc([N+](=O)[O-])cc1. The maximum Gasteiger partial charge on any atom is 0.271 e. The second-order valence-corrected chi connectivity index (χ2v) is 4.58. The molecule has 0 aliphatic carbocycles. The predicted molar refractivity (Wildman–Crippen MR) is 83.8 cm³/mol. The molecule has 0 fully saturated rings. The molecule has 22 heavy (non-hydrogen) atoms. The van der Waals surface area contributed by atoms with Gasteiger partial charge in [0.2, 0.25) is 0 Å². The van der Waals surface area contributed by atoms with Crippen molar-refractivity contribution in [1.82, 2.24) is 5.43 Å². The van der Waals surface area contributed by atoms with Gasteiger partial charge in [-0.2, -0.15) is 5.10 Å². The van der Waals surface area contributed by atoms with E-state index < -0.39 is 10.8 Å². The second kappa shape index (κ2) is 7.68. The summed E-state index contributed by atoms with van der Waals surface area (Å²) in [5, 5.41) is 14.4. The molecular formula is C16H15N3O3. The third kappa shape index (κ3) is 4.52. The second-order valence-electron chi connectivity index (χ2n) is 4.58. The molecule has 2 aromatic carbocycles. The molecule has 0 aliphatic rings. The highest BCUT2D eigenvalue weighted by atomic mass is 16.6. The van der Waals surface area contributed by atoms with Gasteiger partial charge in [-0.25, -0.2) is 5.43 Å². The van der Waals surface area contributed by atoms with Crippen LogP contribution >= 0.6 is 0 Å². The van der Waals surface area contributed by atoms with Crippen molar-refractivity contribution in [3.8, 4) is 0 Å². The van der Waals surface area contributed by atoms with E-state index in [9.17, 15) is 14.9 Å². The Morgan fingerprint density at radius 1 is 1.14 bits per heavy atom. The first kappa shape index (κ1) is 15.4. The summed E-state index contributed by atoms with van der Waals surface area (Å²) in [6.45, 7) is 0. The molecule has 0 bridgehead atoms. The number of nitro benzene ring substituents is 1. The van der Waals surface area contributed by atoms with Crippen molar-refractivity contribution in [1.29, 1.82) is 0 Å². The van der Waals surface area contributed by atoms with Gasteiger partial charge < -0.3 is 0 Å². The third-order valence-electron chi connectivity index (χ3n) is 3.00. The molecule has 6 nitrogen and oxygen atoms in total. The smallest absolute Gasteiger partial charge is 0.267 e. The summed E-state index contributed by atoms with van der Waals surface area (Å²) in [5.41, 5.74) is 3.87. The number of aryl methyl sites for hydroxylation is 1. The summed E-state index contributed by atoms with van der Waals surface area (Å²) in [5.74, 6) is -0.397. The standard InChI is InChI=1S/C16H15N3O3/c20-16(14-8-10-15(11-9-14)19(21)22)18-17-12-4-7-13-5-2-1-3-6-13/h1-3,5-6,8-12H,4,7H2,(H,18,20)/b17-12+. The molecule has 6 heteroatoms. The summed E-state index contributed by atoms with van der Waals surface area (Å²) in [7, 11) is 0. The summed E-state index contributed by atoms with van der Waals surface area (Å²) >= 11 is 0. The largest absolute Gasteiger partial charge is 0.271 e. The zero-order valence-electron chi connectivity index (χ0n) is 11.8. The van der Waals surface area contributed by atoms with Gasteiger partial charge in [-0.3, -0.25) is 14.9 Å². The quantitative estimate of drug-likeness (QED) is 0.505. The number of carbonyl (C=O) groups excluding carboxylic acids is 1. The van der Waals surface area contributed by atoms with Crippen LogP contribution < -0.4 is 5.43 Å². The van der Waals surface area contributed by atoms with Crippen molar-refractivity contribution in [2.24, 2.45) is 5.10 Å². The van der Waals surface area contributed by atoms with Crippen LogP contribution in [-0.2, 0) is 6.42 Å². The van der Waals surface area contributed by atoms with Gasteiger partial charge in [0.1, 0.15) is 0 Å². The molecule has 0 saturated heterocycles. The summed E-state index contributed by atoms with van der Waals surface area (Å²) < 4.78 is 0. The molecule has 1 N–H and O–H groups in total. The molecule has 2 rings (SSSR count). The van der Waals surface area contributed by atoms with Crippen molar-refractivity contribution >= 4 is 17.8 Å². The van der Waals surface area contributed by atoms with Gasteiger partial charge >= 0.3 is 0 Å². The summed E-state index contributed by atoms with van der Waals surface area (Å²) in [4.78, 5) is 21.8. The zero-order valence-corrected chi connectivity index (χ0v) is 11.8. The Hall–Kier alpha value is -3.02. The predicted octanol–water partition coefficient (Wildman–Crippen LogP) is 2.94. The van der Waals surface area contributed by atoms with Crippen molar-refractivity contribution in [3.05, 3.63) is 75.8 Å². The third-order valence-corrected chi connectivity index (χ3v) is 3.00. The van der Waals surface area contributed by atoms with E-state index in [0.29, 0.717) is 12.0 Å². The van der Waals surface area contributed by atoms with Gasteiger partial charge in [-0.1, -0.05) is 30.3 Å². The molecule has 0 saturated carbocycles. The average Bonchev–Trinajstić information content (AvgIpc) is 2.55. The van der Waals surface area contributed by atoms with Gasteiger partial charge in [-0.15, -0.1) is 0 Å². The minimum absolute atomic E-state index is 0.0529. The van der Waals surface area contributed by atoms with Crippen LogP contribution in [0.5, 0.6) is 0 Å². The normalized spacial score (nSPS) is 10.5. The van der Waals surface area contributed by atoms with Crippen LogP contribution in [-0.4, -0.2) is 17.0 Å². The number of carbonyl (C=O) groups is 1. The summed E-state index contributed by atoms with van der Waals surface area (Å²) in [6.07, 6.45) is 3.19. The van der Waals surface area contributed by atoms with Crippen LogP contribution in [0.2, 0.25) is 0 Å².